The molecule has 7 rings (SSSR count). The minimum atomic E-state index is -0.574. The van der Waals surface area contributed by atoms with E-state index < -0.39 is 5.60 Å². The molecule has 3 atom stereocenters. The molecular formula is C31H43ClN8O3. The summed E-state index contributed by atoms with van der Waals surface area (Å²) < 4.78 is 8.08. The third-order valence-corrected chi connectivity index (χ3v) is 9.83. The lowest BCUT2D eigenvalue weighted by molar-refractivity contribution is -0.128. The minimum absolute atomic E-state index is 0.00410. The smallest absolute Gasteiger partial charge is 0.410 e. The fourth-order valence-electron chi connectivity index (χ4n) is 6.76. The summed E-state index contributed by atoms with van der Waals surface area (Å²) in [7, 11) is 7.74. The summed E-state index contributed by atoms with van der Waals surface area (Å²) in [6, 6.07) is 0.408. The number of hydrogen-bond donors (Lipinski definition) is 0. The number of imidazole rings is 1. The maximum absolute atomic E-state index is 13.2. The van der Waals surface area contributed by atoms with Crippen LogP contribution in [-0.2, 0) is 16.0 Å². The molecule has 4 fully saturated rings. The Morgan fingerprint density at radius 2 is 1.70 bits per heavy atom. The lowest BCUT2D eigenvalue weighted by Gasteiger charge is -2.43. The average molecular weight is 611 g/mol. The first kappa shape index (κ1) is 29.9. The topological polar surface area (TPSA) is 99.9 Å². The molecule has 43 heavy (non-hydrogen) atoms. The van der Waals surface area contributed by atoms with Crippen LogP contribution in [0.2, 0.25) is 5.02 Å². The van der Waals surface area contributed by atoms with Gasteiger partial charge in [-0.2, -0.15) is 0 Å². The van der Waals surface area contributed by atoms with Gasteiger partial charge in [0.1, 0.15) is 28.0 Å². The van der Waals surface area contributed by atoms with Crippen molar-refractivity contribution in [1.82, 2.24) is 34.2 Å². The van der Waals surface area contributed by atoms with Crippen molar-refractivity contribution in [1.29, 1.82) is 0 Å². The number of rotatable bonds is 6. The van der Waals surface area contributed by atoms with E-state index in [9.17, 15) is 9.59 Å². The number of hydrogen-bond acceptors (Lipinski definition) is 8. The predicted octanol–water partition coefficient (Wildman–Crippen LogP) is 4.20. The Morgan fingerprint density at radius 1 is 1.00 bits per heavy atom. The first-order valence-electron chi connectivity index (χ1n) is 15.1. The fraction of sp³-hybridized carbons (Fsp3) is 0.645. The second kappa shape index (κ2) is 10.5. The number of ether oxygens (including phenoxy) is 1. The Balaban J connectivity index is 1.54. The molecule has 1 aliphatic carbocycles. The van der Waals surface area contributed by atoms with Gasteiger partial charge in [0.05, 0.1) is 28.3 Å². The lowest BCUT2D eigenvalue weighted by atomic mass is 9.79. The van der Waals surface area contributed by atoms with Crippen molar-refractivity contribution in [3.8, 4) is 0 Å². The number of aryl methyl sites for hydroxylation is 3. The van der Waals surface area contributed by atoms with Crippen molar-refractivity contribution in [2.24, 2.45) is 5.92 Å². The van der Waals surface area contributed by atoms with Gasteiger partial charge in [0.2, 0.25) is 5.91 Å². The van der Waals surface area contributed by atoms with E-state index in [4.69, 9.17) is 31.3 Å². The Hall–Kier alpha value is -3.18. The molecule has 4 aliphatic rings. The third kappa shape index (κ3) is 4.98. The number of fused-ring (bicyclic) bond motifs is 4. The van der Waals surface area contributed by atoms with Crippen molar-refractivity contribution in [3.05, 3.63) is 22.1 Å². The molecule has 0 radical (unpaired) electrons. The number of anilines is 1. The van der Waals surface area contributed by atoms with Crippen LogP contribution in [0.5, 0.6) is 0 Å². The predicted molar refractivity (Wildman–Crippen MR) is 168 cm³/mol. The highest BCUT2D eigenvalue weighted by Gasteiger charge is 2.56. The van der Waals surface area contributed by atoms with Gasteiger partial charge in [-0.15, -0.1) is 0 Å². The molecule has 1 saturated carbocycles. The number of pyridine rings is 2. The van der Waals surface area contributed by atoms with Crippen molar-refractivity contribution in [2.75, 3.05) is 52.7 Å². The van der Waals surface area contributed by atoms with Crippen LogP contribution in [0.1, 0.15) is 56.7 Å². The zero-order chi connectivity index (χ0) is 31.1. The number of aromatic nitrogens is 4. The SMILES string of the molecule is Cc1nc2c(nc(N3CC(N(C)C)C3)c3nc(CCC(=O)N(C)C)n(C4C5CC4N(C(=O)OC(C)(C)C)C5)c32)c(C)c1Cl. The van der Waals surface area contributed by atoms with Crippen LogP contribution in [0, 0.1) is 19.8 Å². The minimum Gasteiger partial charge on any atom is -0.444 e. The molecule has 2 amide bonds. The first-order chi connectivity index (χ1) is 20.2. The van der Waals surface area contributed by atoms with E-state index in [0.29, 0.717) is 30.5 Å². The van der Waals surface area contributed by atoms with Crippen LogP contribution in [0.3, 0.4) is 0 Å². The highest BCUT2D eigenvalue weighted by Crippen LogP contribution is 2.52. The molecular weight excluding hydrogens is 568 g/mol. The maximum Gasteiger partial charge on any atom is 0.410 e. The molecule has 0 spiro atoms. The van der Waals surface area contributed by atoms with E-state index in [1.807, 2.05) is 39.5 Å². The normalized spacial score (nSPS) is 22.0. The number of amides is 2. The molecule has 0 N–H and O–H groups in total. The van der Waals surface area contributed by atoms with Crippen LogP contribution >= 0.6 is 11.6 Å². The second-order valence-electron chi connectivity index (χ2n) is 13.9. The molecule has 3 aliphatic heterocycles. The van der Waals surface area contributed by atoms with E-state index in [1.54, 1.807) is 19.0 Å². The van der Waals surface area contributed by atoms with Crippen LogP contribution < -0.4 is 4.90 Å². The molecule has 3 unspecified atom stereocenters. The zero-order valence-corrected chi connectivity index (χ0v) is 27.5. The van der Waals surface area contributed by atoms with E-state index in [1.165, 1.54) is 0 Å². The van der Waals surface area contributed by atoms with E-state index in [0.717, 1.165) is 64.5 Å². The summed E-state index contributed by atoms with van der Waals surface area (Å²) in [6.07, 6.45) is 1.43. The van der Waals surface area contributed by atoms with E-state index in [-0.39, 0.29) is 30.0 Å². The van der Waals surface area contributed by atoms with Crippen LogP contribution in [0.15, 0.2) is 0 Å². The largest absolute Gasteiger partial charge is 0.444 e. The van der Waals surface area contributed by atoms with Gasteiger partial charge in [0.25, 0.3) is 0 Å². The van der Waals surface area contributed by atoms with Gasteiger partial charge in [-0.1, -0.05) is 11.6 Å². The Bertz CT molecular complexity index is 1620. The standard InChI is InChI=1S/C31H43ClN8O3/c1-16-23(32)17(2)33-25-24(16)35-29(38-14-19(15-38)36(6)7)26-28(25)40(21(34-26)10-11-22(41)37(8)9)27-18-12-20(27)39(13-18)30(42)43-31(3,4)5/h18-20,27H,10-15H2,1-9H3. The summed E-state index contributed by atoms with van der Waals surface area (Å²) in [6.45, 7) is 11.9. The van der Waals surface area contributed by atoms with Gasteiger partial charge in [0, 0.05) is 58.5 Å². The van der Waals surface area contributed by atoms with Gasteiger partial charge in [-0.25, -0.2) is 19.7 Å². The fourth-order valence-corrected chi connectivity index (χ4v) is 6.89. The van der Waals surface area contributed by atoms with Crippen molar-refractivity contribution in [2.45, 2.75) is 77.6 Å². The molecule has 2 bridgehead atoms. The van der Waals surface area contributed by atoms with Gasteiger partial charge < -0.3 is 28.9 Å². The molecule has 11 nitrogen and oxygen atoms in total. The molecule has 6 heterocycles. The van der Waals surface area contributed by atoms with Crippen LogP contribution in [-0.4, -0.2) is 112 Å². The van der Waals surface area contributed by atoms with E-state index >= 15 is 0 Å². The summed E-state index contributed by atoms with van der Waals surface area (Å²) >= 11 is 6.73. The first-order valence-corrected chi connectivity index (χ1v) is 15.5. The number of carbonyl (C=O) groups excluding carboxylic acids is 2. The molecule has 3 aromatic rings. The summed E-state index contributed by atoms with van der Waals surface area (Å²) in [5, 5.41) is 0.614. The van der Waals surface area contributed by atoms with E-state index in [2.05, 4.69) is 28.5 Å². The Labute approximate surface area is 258 Å². The van der Waals surface area contributed by atoms with Gasteiger partial charge in [-0.3, -0.25) is 4.79 Å². The Kier molecular flexibility index (Phi) is 7.27. The summed E-state index contributed by atoms with van der Waals surface area (Å²) in [4.78, 5) is 49.4. The van der Waals surface area contributed by atoms with Crippen molar-refractivity contribution < 1.29 is 14.3 Å². The maximum atomic E-state index is 13.2. The highest BCUT2D eigenvalue weighted by atomic mass is 35.5. The quantitative estimate of drug-likeness (QED) is 0.409. The van der Waals surface area contributed by atoms with Gasteiger partial charge >= 0.3 is 6.09 Å². The van der Waals surface area contributed by atoms with Crippen molar-refractivity contribution in [3.63, 3.8) is 0 Å². The second-order valence-corrected chi connectivity index (χ2v) is 14.2. The van der Waals surface area contributed by atoms with Crippen molar-refractivity contribution >= 4 is 51.5 Å². The number of nitrogens with zero attached hydrogens (tertiary/aromatic N) is 8. The molecule has 12 heteroatoms. The molecule has 3 aromatic heterocycles. The molecule has 3 saturated heterocycles. The van der Waals surface area contributed by atoms with Crippen LogP contribution in [0.25, 0.3) is 22.1 Å². The van der Waals surface area contributed by atoms with Gasteiger partial charge in [0.15, 0.2) is 5.82 Å². The summed E-state index contributed by atoms with van der Waals surface area (Å²) in [5.74, 6) is 1.94. The number of carbonyl (C=O) groups is 2. The third-order valence-electron chi connectivity index (χ3n) is 9.28. The lowest BCUT2D eigenvalue weighted by Crippen LogP contribution is -2.57. The van der Waals surface area contributed by atoms with Crippen LogP contribution in [0.4, 0.5) is 10.6 Å². The molecule has 232 valence electrons. The zero-order valence-electron chi connectivity index (χ0n) is 26.7. The summed E-state index contributed by atoms with van der Waals surface area (Å²) in [5.41, 5.74) is 4.28. The monoisotopic (exact) mass is 610 g/mol. The van der Waals surface area contributed by atoms with Gasteiger partial charge in [-0.05, 0) is 60.7 Å². The average Bonchev–Trinajstić information content (AvgIpc) is 3.57. The number of likely N-dealkylation sites (N-methyl/N-ethyl adjacent to an activating group) is 1. The number of halogens is 1. The molecule has 0 aromatic carbocycles. The Morgan fingerprint density at radius 3 is 2.33 bits per heavy atom. The highest BCUT2D eigenvalue weighted by molar-refractivity contribution is 6.33.